The maximum absolute atomic E-state index is 5.83. The van der Waals surface area contributed by atoms with Crippen molar-refractivity contribution >= 4 is 18.4 Å². The summed E-state index contributed by atoms with van der Waals surface area (Å²) in [5.74, 6) is 2.18. The lowest BCUT2D eigenvalue weighted by Gasteiger charge is -2.11. The largest absolute Gasteiger partial charge is 0.493 e. The Balaban J connectivity index is 1.74. The molecule has 152 valence electrons. The second-order valence-electron chi connectivity index (χ2n) is 6.63. The fourth-order valence-electron chi connectivity index (χ4n) is 2.88. The van der Waals surface area contributed by atoms with Gasteiger partial charge in [0.2, 0.25) is 4.77 Å². The lowest BCUT2D eigenvalue weighted by atomic mass is 10.1. The standard InChI is InChI=1S/C22H26N4O2S/c1-3-4-8-13-28-19-12-11-18(14-20(19)27-2)16-23-26-21(24-25-22(26)29)15-17-9-6-5-7-10-17/h5-7,9-12,14,16H,3-4,8,13,15H2,1-2H3,(H,25,29)/b23-16-. The Hall–Kier alpha value is -2.93. The number of unbranched alkanes of at least 4 members (excludes halogenated alkanes) is 2. The molecule has 0 aliphatic carbocycles. The predicted molar refractivity (Wildman–Crippen MR) is 118 cm³/mol. The van der Waals surface area contributed by atoms with Crippen LogP contribution in [-0.2, 0) is 6.42 Å². The Morgan fingerprint density at radius 2 is 1.97 bits per heavy atom. The van der Waals surface area contributed by atoms with E-state index >= 15 is 0 Å². The molecule has 3 rings (SSSR count). The van der Waals surface area contributed by atoms with Gasteiger partial charge in [-0.2, -0.15) is 14.9 Å². The zero-order valence-corrected chi connectivity index (χ0v) is 17.6. The number of benzene rings is 2. The van der Waals surface area contributed by atoms with Gasteiger partial charge in [-0.05, 0) is 48.0 Å². The fourth-order valence-corrected chi connectivity index (χ4v) is 3.08. The van der Waals surface area contributed by atoms with Crippen LogP contribution in [0.1, 0.15) is 43.1 Å². The molecule has 0 saturated heterocycles. The van der Waals surface area contributed by atoms with E-state index in [0.717, 1.165) is 35.5 Å². The summed E-state index contributed by atoms with van der Waals surface area (Å²) in [5.41, 5.74) is 2.03. The van der Waals surface area contributed by atoms with Gasteiger partial charge in [-0.3, -0.25) is 5.10 Å². The maximum Gasteiger partial charge on any atom is 0.216 e. The summed E-state index contributed by atoms with van der Waals surface area (Å²) in [7, 11) is 1.64. The summed E-state index contributed by atoms with van der Waals surface area (Å²) in [6.45, 7) is 2.86. The van der Waals surface area contributed by atoms with Crippen LogP contribution < -0.4 is 9.47 Å². The Kier molecular flexibility index (Phi) is 7.58. The normalized spacial score (nSPS) is 11.1. The average molecular weight is 411 g/mol. The van der Waals surface area contributed by atoms with Crippen molar-refractivity contribution in [2.45, 2.75) is 32.6 Å². The van der Waals surface area contributed by atoms with Crippen molar-refractivity contribution < 1.29 is 9.47 Å². The van der Waals surface area contributed by atoms with Gasteiger partial charge in [0.1, 0.15) is 0 Å². The number of nitrogens with zero attached hydrogens (tertiary/aromatic N) is 3. The average Bonchev–Trinajstić information content (AvgIpc) is 3.10. The highest BCUT2D eigenvalue weighted by molar-refractivity contribution is 7.71. The van der Waals surface area contributed by atoms with E-state index in [1.165, 1.54) is 6.42 Å². The van der Waals surface area contributed by atoms with Gasteiger partial charge < -0.3 is 9.47 Å². The van der Waals surface area contributed by atoms with Crippen LogP contribution in [0.3, 0.4) is 0 Å². The number of H-pyrrole nitrogens is 1. The molecule has 7 heteroatoms. The van der Waals surface area contributed by atoms with Crippen LogP contribution in [-0.4, -0.2) is 34.8 Å². The highest BCUT2D eigenvalue weighted by Gasteiger charge is 2.08. The van der Waals surface area contributed by atoms with Crippen molar-refractivity contribution in [3.8, 4) is 11.5 Å². The van der Waals surface area contributed by atoms with Gasteiger partial charge in [0.25, 0.3) is 0 Å². The second kappa shape index (κ2) is 10.6. The molecule has 0 unspecified atom stereocenters. The number of nitrogens with one attached hydrogen (secondary N) is 1. The number of rotatable bonds is 10. The summed E-state index contributed by atoms with van der Waals surface area (Å²) < 4.78 is 13.4. The van der Waals surface area contributed by atoms with Crippen molar-refractivity contribution in [1.29, 1.82) is 0 Å². The van der Waals surface area contributed by atoms with Crippen molar-refractivity contribution in [1.82, 2.24) is 14.9 Å². The topological polar surface area (TPSA) is 64.4 Å². The first kappa shape index (κ1) is 20.8. The number of aromatic nitrogens is 3. The molecular weight excluding hydrogens is 384 g/mol. The van der Waals surface area contributed by atoms with Gasteiger partial charge in [0, 0.05) is 6.42 Å². The summed E-state index contributed by atoms with van der Waals surface area (Å²) in [6, 6.07) is 15.9. The molecular formula is C22H26N4O2S. The molecule has 0 radical (unpaired) electrons. The van der Waals surface area contributed by atoms with Gasteiger partial charge in [-0.15, -0.1) is 0 Å². The Bertz CT molecular complexity index is 996. The van der Waals surface area contributed by atoms with Gasteiger partial charge in [-0.1, -0.05) is 50.1 Å². The van der Waals surface area contributed by atoms with Gasteiger partial charge in [0.15, 0.2) is 17.3 Å². The lowest BCUT2D eigenvalue weighted by Crippen LogP contribution is -2.01. The van der Waals surface area contributed by atoms with E-state index in [0.29, 0.717) is 23.5 Å². The minimum atomic E-state index is 0.454. The van der Waals surface area contributed by atoms with Gasteiger partial charge >= 0.3 is 0 Å². The number of methoxy groups -OCH3 is 1. The Labute approximate surface area is 176 Å². The highest BCUT2D eigenvalue weighted by atomic mass is 32.1. The molecule has 0 saturated carbocycles. The molecule has 0 aliphatic rings. The van der Waals surface area contributed by atoms with Gasteiger partial charge in [-0.25, -0.2) is 0 Å². The third-order valence-corrected chi connectivity index (χ3v) is 4.70. The maximum atomic E-state index is 5.83. The summed E-state index contributed by atoms with van der Waals surface area (Å²) in [5, 5.41) is 11.6. The quantitative estimate of drug-likeness (QED) is 0.290. The first-order valence-electron chi connectivity index (χ1n) is 9.76. The van der Waals surface area contributed by atoms with E-state index < -0.39 is 0 Å². The summed E-state index contributed by atoms with van der Waals surface area (Å²) >= 11 is 5.33. The first-order valence-corrected chi connectivity index (χ1v) is 10.2. The van der Waals surface area contributed by atoms with Crippen LogP contribution in [0.25, 0.3) is 0 Å². The van der Waals surface area contributed by atoms with Crippen molar-refractivity contribution in [3.05, 3.63) is 70.3 Å². The van der Waals surface area contributed by atoms with Crippen molar-refractivity contribution in [2.75, 3.05) is 13.7 Å². The molecule has 1 heterocycles. The van der Waals surface area contributed by atoms with Crippen molar-refractivity contribution in [3.63, 3.8) is 0 Å². The van der Waals surface area contributed by atoms with E-state index in [-0.39, 0.29) is 0 Å². The van der Waals surface area contributed by atoms with Crippen molar-refractivity contribution in [2.24, 2.45) is 5.10 Å². The third kappa shape index (κ3) is 5.77. The number of hydrogen-bond donors (Lipinski definition) is 1. The number of ether oxygens (including phenoxy) is 2. The molecule has 0 bridgehead atoms. The molecule has 2 aromatic carbocycles. The monoisotopic (exact) mass is 410 g/mol. The summed E-state index contributed by atoms with van der Waals surface area (Å²) in [4.78, 5) is 0. The van der Waals surface area contributed by atoms with Crippen LogP contribution in [0.4, 0.5) is 0 Å². The van der Waals surface area contributed by atoms with Crippen LogP contribution >= 0.6 is 12.2 Å². The van der Waals surface area contributed by atoms with Crippen LogP contribution in [0.5, 0.6) is 11.5 Å². The molecule has 0 atom stereocenters. The van der Waals surface area contributed by atoms with E-state index in [9.17, 15) is 0 Å². The second-order valence-corrected chi connectivity index (χ2v) is 7.02. The zero-order chi connectivity index (χ0) is 20.5. The lowest BCUT2D eigenvalue weighted by molar-refractivity contribution is 0.286. The Morgan fingerprint density at radius 3 is 2.72 bits per heavy atom. The minimum absolute atomic E-state index is 0.454. The molecule has 1 aromatic heterocycles. The molecule has 1 N–H and O–H groups in total. The fraction of sp³-hybridized carbons (Fsp3) is 0.318. The molecule has 0 spiro atoms. The SMILES string of the molecule is CCCCCOc1ccc(/C=N\n2c(Cc3ccccc3)n[nH]c2=S)cc1OC. The van der Waals surface area contributed by atoms with Crippen LogP contribution in [0.2, 0.25) is 0 Å². The Morgan fingerprint density at radius 1 is 1.14 bits per heavy atom. The molecule has 6 nitrogen and oxygen atoms in total. The predicted octanol–water partition coefficient (Wildman–Crippen LogP) is 4.99. The third-order valence-electron chi connectivity index (χ3n) is 4.44. The molecule has 29 heavy (non-hydrogen) atoms. The number of hydrogen-bond acceptors (Lipinski definition) is 5. The first-order chi connectivity index (χ1) is 14.2. The van der Waals surface area contributed by atoms with Crippen LogP contribution in [0.15, 0.2) is 53.6 Å². The molecule has 0 amide bonds. The zero-order valence-electron chi connectivity index (χ0n) is 16.8. The smallest absolute Gasteiger partial charge is 0.216 e. The van der Waals surface area contributed by atoms with E-state index in [2.05, 4.69) is 34.4 Å². The summed E-state index contributed by atoms with van der Waals surface area (Å²) in [6.07, 6.45) is 5.73. The molecule has 0 fully saturated rings. The van der Waals surface area contributed by atoms with Gasteiger partial charge in [0.05, 0.1) is 19.9 Å². The highest BCUT2D eigenvalue weighted by Crippen LogP contribution is 2.27. The number of aromatic amines is 1. The minimum Gasteiger partial charge on any atom is -0.493 e. The molecule has 0 aliphatic heterocycles. The van der Waals surface area contributed by atoms with E-state index in [1.54, 1.807) is 18.0 Å². The molecule has 3 aromatic rings. The van der Waals surface area contributed by atoms with Crippen LogP contribution in [0, 0.1) is 4.77 Å². The van der Waals surface area contributed by atoms with E-state index in [1.807, 2.05) is 36.4 Å². The van der Waals surface area contributed by atoms with E-state index in [4.69, 9.17) is 21.7 Å².